The van der Waals surface area contributed by atoms with Crippen LogP contribution in [-0.2, 0) is 0 Å². The zero-order valence-corrected chi connectivity index (χ0v) is 8.92. The van der Waals surface area contributed by atoms with Gasteiger partial charge in [-0.05, 0) is 31.7 Å². The molecule has 2 heteroatoms. The monoisotopic (exact) mass is 185 g/mol. The Morgan fingerprint density at radius 1 is 1.31 bits per heavy atom. The molecular formula is C11H23NO. The molecule has 2 atom stereocenters. The minimum absolute atomic E-state index is 0.0964. The van der Waals surface area contributed by atoms with Crippen molar-refractivity contribution in [2.75, 3.05) is 6.54 Å². The lowest BCUT2D eigenvalue weighted by Crippen LogP contribution is -2.42. The van der Waals surface area contributed by atoms with Crippen molar-refractivity contribution in [3.63, 3.8) is 0 Å². The highest BCUT2D eigenvalue weighted by molar-refractivity contribution is 4.80. The summed E-state index contributed by atoms with van der Waals surface area (Å²) in [5.74, 6) is 0.758. The Morgan fingerprint density at radius 2 is 2.00 bits per heavy atom. The first kappa shape index (κ1) is 11.0. The molecule has 1 aliphatic rings. The van der Waals surface area contributed by atoms with E-state index >= 15 is 0 Å². The van der Waals surface area contributed by atoms with Crippen molar-refractivity contribution in [3.8, 4) is 0 Å². The number of aliphatic hydroxyl groups excluding tert-OH is 1. The predicted molar refractivity (Wildman–Crippen MR) is 55.7 cm³/mol. The quantitative estimate of drug-likeness (QED) is 0.701. The predicted octanol–water partition coefficient (Wildman–Crippen LogP) is 1.93. The van der Waals surface area contributed by atoms with E-state index in [2.05, 4.69) is 19.2 Å². The first-order chi connectivity index (χ1) is 6.20. The fourth-order valence-corrected chi connectivity index (χ4v) is 1.91. The van der Waals surface area contributed by atoms with Gasteiger partial charge in [0.2, 0.25) is 0 Å². The van der Waals surface area contributed by atoms with Crippen LogP contribution in [0.4, 0.5) is 0 Å². The zero-order valence-electron chi connectivity index (χ0n) is 8.92. The molecule has 0 radical (unpaired) electrons. The van der Waals surface area contributed by atoms with Gasteiger partial charge in [-0.2, -0.15) is 0 Å². The fraction of sp³-hybridized carbons (Fsp3) is 1.00. The van der Waals surface area contributed by atoms with E-state index in [1.807, 2.05) is 0 Å². The van der Waals surface area contributed by atoms with Gasteiger partial charge in [0.15, 0.2) is 0 Å². The molecule has 0 saturated heterocycles. The van der Waals surface area contributed by atoms with Crippen molar-refractivity contribution in [3.05, 3.63) is 0 Å². The summed E-state index contributed by atoms with van der Waals surface area (Å²) in [5, 5.41) is 13.1. The summed E-state index contributed by atoms with van der Waals surface area (Å²) in [6, 6.07) is 0.368. The van der Waals surface area contributed by atoms with Gasteiger partial charge in [-0.25, -0.2) is 0 Å². The standard InChI is InChI=1S/C11H23NO/c1-9(2)7-8-12-10-5-3-4-6-11(10)13/h9-13H,3-8H2,1-2H3/t10-,11-/m0/s1. The average Bonchev–Trinajstić information content (AvgIpc) is 2.08. The summed E-state index contributed by atoms with van der Waals surface area (Å²) in [5.41, 5.74) is 0. The summed E-state index contributed by atoms with van der Waals surface area (Å²) in [6.07, 6.45) is 5.72. The lowest BCUT2D eigenvalue weighted by molar-refractivity contribution is 0.0905. The molecule has 0 aromatic heterocycles. The molecule has 0 heterocycles. The van der Waals surface area contributed by atoms with E-state index in [0.29, 0.717) is 6.04 Å². The molecule has 0 aliphatic heterocycles. The van der Waals surface area contributed by atoms with E-state index in [1.54, 1.807) is 0 Å². The van der Waals surface area contributed by atoms with Gasteiger partial charge >= 0.3 is 0 Å². The second-order valence-corrected chi connectivity index (χ2v) is 4.59. The van der Waals surface area contributed by atoms with Crippen molar-refractivity contribution in [1.82, 2.24) is 5.32 Å². The third-order valence-corrected chi connectivity index (χ3v) is 2.86. The molecule has 2 nitrogen and oxygen atoms in total. The van der Waals surface area contributed by atoms with E-state index in [9.17, 15) is 5.11 Å². The Balaban J connectivity index is 2.11. The SMILES string of the molecule is CC(C)CCN[C@H]1CCCC[C@@H]1O. The van der Waals surface area contributed by atoms with Crippen molar-refractivity contribution in [1.29, 1.82) is 0 Å². The fourth-order valence-electron chi connectivity index (χ4n) is 1.91. The van der Waals surface area contributed by atoms with Gasteiger partial charge in [0.05, 0.1) is 6.10 Å². The van der Waals surface area contributed by atoms with Crippen molar-refractivity contribution in [2.24, 2.45) is 5.92 Å². The average molecular weight is 185 g/mol. The Bertz CT molecular complexity index is 136. The highest BCUT2D eigenvalue weighted by Gasteiger charge is 2.21. The molecule has 78 valence electrons. The highest BCUT2D eigenvalue weighted by atomic mass is 16.3. The third kappa shape index (κ3) is 4.10. The molecule has 0 aromatic rings. The molecule has 0 bridgehead atoms. The van der Waals surface area contributed by atoms with Crippen molar-refractivity contribution >= 4 is 0 Å². The maximum atomic E-state index is 9.67. The molecule has 1 aliphatic carbocycles. The molecule has 0 unspecified atom stereocenters. The molecule has 2 N–H and O–H groups in total. The van der Waals surface area contributed by atoms with Crippen LogP contribution in [0, 0.1) is 5.92 Å². The van der Waals surface area contributed by atoms with Gasteiger partial charge in [0, 0.05) is 6.04 Å². The Labute approximate surface area is 81.7 Å². The third-order valence-electron chi connectivity index (χ3n) is 2.86. The van der Waals surface area contributed by atoms with Gasteiger partial charge in [0.1, 0.15) is 0 Å². The van der Waals surface area contributed by atoms with Gasteiger partial charge in [-0.3, -0.25) is 0 Å². The second-order valence-electron chi connectivity index (χ2n) is 4.59. The first-order valence-corrected chi connectivity index (χ1v) is 5.61. The van der Waals surface area contributed by atoms with Crippen LogP contribution in [0.3, 0.4) is 0 Å². The summed E-state index contributed by atoms with van der Waals surface area (Å²) >= 11 is 0. The van der Waals surface area contributed by atoms with Crippen LogP contribution < -0.4 is 5.32 Å². The van der Waals surface area contributed by atoms with Crippen LogP contribution in [0.5, 0.6) is 0 Å². The number of hydrogen-bond donors (Lipinski definition) is 2. The molecular weight excluding hydrogens is 162 g/mol. The Morgan fingerprint density at radius 3 is 2.62 bits per heavy atom. The first-order valence-electron chi connectivity index (χ1n) is 5.61. The van der Waals surface area contributed by atoms with Gasteiger partial charge in [0.25, 0.3) is 0 Å². The van der Waals surface area contributed by atoms with Crippen LogP contribution in [0.25, 0.3) is 0 Å². The molecule has 1 saturated carbocycles. The molecule has 1 fully saturated rings. The smallest absolute Gasteiger partial charge is 0.0693 e. The normalized spacial score (nSPS) is 29.5. The number of aliphatic hydroxyl groups is 1. The Kier molecular flexibility index (Phi) is 4.74. The molecule has 0 amide bonds. The summed E-state index contributed by atoms with van der Waals surface area (Å²) < 4.78 is 0. The maximum Gasteiger partial charge on any atom is 0.0693 e. The Hall–Kier alpha value is -0.0800. The molecule has 0 spiro atoms. The lowest BCUT2D eigenvalue weighted by atomic mass is 9.92. The lowest BCUT2D eigenvalue weighted by Gasteiger charge is -2.28. The second kappa shape index (κ2) is 5.61. The maximum absolute atomic E-state index is 9.67. The number of rotatable bonds is 4. The summed E-state index contributed by atoms with van der Waals surface area (Å²) in [7, 11) is 0. The van der Waals surface area contributed by atoms with Crippen LogP contribution in [0.2, 0.25) is 0 Å². The topological polar surface area (TPSA) is 32.3 Å². The number of hydrogen-bond acceptors (Lipinski definition) is 2. The van der Waals surface area contributed by atoms with Crippen LogP contribution in [-0.4, -0.2) is 23.8 Å². The van der Waals surface area contributed by atoms with E-state index in [-0.39, 0.29) is 6.10 Å². The minimum atomic E-state index is -0.0964. The molecule has 1 rings (SSSR count). The largest absolute Gasteiger partial charge is 0.392 e. The highest BCUT2D eigenvalue weighted by Crippen LogP contribution is 2.18. The zero-order chi connectivity index (χ0) is 9.68. The van der Waals surface area contributed by atoms with Gasteiger partial charge < -0.3 is 10.4 Å². The molecule has 13 heavy (non-hydrogen) atoms. The summed E-state index contributed by atoms with van der Waals surface area (Å²) in [6.45, 7) is 5.53. The van der Waals surface area contributed by atoms with E-state index in [1.165, 1.54) is 19.3 Å². The van der Waals surface area contributed by atoms with Crippen LogP contribution >= 0.6 is 0 Å². The van der Waals surface area contributed by atoms with Crippen LogP contribution in [0.1, 0.15) is 46.0 Å². The van der Waals surface area contributed by atoms with E-state index in [0.717, 1.165) is 25.3 Å². The van der Waals surface area contributed by atoms with E-state index < -0.39 is 0 Å². The van der Waals surface area contributed by atoms with Gasteiger partial charge in [-0.15, -0.1) is 0 Å². The van der Waals surface area contributed by atoms with Gasteiger partial charge in [-0.1, -0.05) is 26.7 Å². The molecule has 0 aromatic carbocycles. The van der Waals surface area contributed by atoms with E-state index in [4.69, 9.17) is 0 Å². The number of nitrogens with one attached hydrogen (secondary N) is 1. The summed E-state index contributed by atoms with van der Waals surface area (Å²) in [4.78, 5) is 0. The van der Waals surface area contributed by atoms with Crippen molar-refractivity contribution < 1.29 is 5.11 Å². The van der Waals surface area contributed by atoms with Crippen molar-refractivity contribution in [2.45, 2.75) is 58.1 Å². The van der Waals surface area contributed by atoms with Crippen LogP contribution in [0.15, 0.2) is 0 Å². The minimum Gasteiger partial charge on any atom is -0.392 e.